The Labute approximate surface area is 193 Å². The van der Waals surface area contributed by atoms with E-state index in [9.17, 15) is 4.79 Å². The van der Waals surface area contributed by atoms with Gasteiger partial charge in [0.1, 0.15) is 5.82 Å². The van der Waals surface area contributed by atoms with Crippen molar-refractivity contribution in [1.82, 2.24) is 14.8 Å². The highest BCUT2D eigenvalue weighted by atomic mass is 32.2. The van der Waals surface area contributed by atoms with Crippen molar-refractivity contribution in [3.63, 3.8) is 0 Å². The summed E-state index contributed by atoms with van der Waals surface area (Å²) in [4.78, 5) is 17.4. The van der Waals surface area contributed by atoms with Gasteiger partial charge in [-0.1, -0.05) is 29.5 Å². The van der Waals surface area contributed by atoms with Crippen LogP contribution in [0.2, 0.25) is 0 Å². The molecule has 1 unspecified atom stereocenters. The molecule has 9 heteroatoms. The highest BCUT2D eigenvalue weighted by Gasteiger charge is 2.31. The number of carbonyl (C=O) groups is 1. The van der Waals surface area contributed by atoms with E-state index in [1.165, 1.54) is 0 Å². The molecular formula is C23H22N4O3S2. The summed E-state index contributed by atoms with van der Waals surface area (Å²) in [5.41, 5.74) is 3.77. The summed E-state index contributed by atoms with van der Waals surface area (Å²) in [6.07, 6.45) is 0. The Bertz CT molecular complexity index is 1280. The van der Waals surface area contributed by atoms with Gasteiger partial charge in [-0.3, -0.25) is 4.79 Å². The van der Waals surface area contributed by atoms with Crippen LogP contribution in [0, 0.1) is 6.92 Å². The third-order valence-electron chi connectivity index (χ3n) is 5.26. The van der Waals surface area contributed by atoms with E-state index in [-0.39, 0.29) is 11.2 Å². The molecule has 32 heavy (non-hydrogen) atoms. The van der Waals surface area contributed by atoms with E-state index >= 15 is 0 Å². The van der Waals surface area contributed by atoms with Gasteiger partial charge < -0.3 is 14.8 Å². The van der Waals surface area contributed by atoms with Crippen LogP contribution in [-0.2, 0) is 4.79 Å². The van der Waals surface area contributed by atoms with Gasteiger partial charge in [-0.15, -0.1) is 11.8 Å². The molecule has 0 radical (unpaired) electrons. The minimum absolute atomic E-state index is 0.0566. The summed E-state index contributed by atoms with van der Waals surface area (Å²) < 4.78 is 14.1. The van der Waals surface area contributed by atoms with E-state index in [1.807, 2.05) is 56.3 Å². The van der Waals surface area contributed by atoms with Crippen LogP contribution in [0.15, 0.2) is 42.5 Å². The lowest BCUT2D eigenvalue weighted by atomic mass is 10.0. The normalized spacial score (nSPS) is 15.8. The Morgan fingerprint density at radius 1 is 1.22 bits per heavy atom. The standard InChI is InChI=1S/C23H22N4O3S2/c1-4-30-16-10-9-14(11-17(16)29-3)21-20-13(2)26-27(22(20)25-19(28)12-31-21)23-24-15-7-5-6-8-18(15)32-23/h5-11,21H,4,12H2,1-3H3,(H,25,28). The van der Waals surface area contributed by atoms with Gasteiger partial charge in [-0.2, -0.15) is 9.78 Å². The summed E-state index contributed by atoms with van der Waals surface area (Å²) in [6, 6.07) is 13.9. The number of aromatic nitrogens is 3. The highest BCUT2D eigenvalue weighted by Crippen LogP contribution is 2.46. The topological polar surface area (TPSA) is 78.3 Å². The average Bonchev–Trinajstić information content (AvgIpc) is 3.30. The third kappa shape index (κ3) is 3.61. The van der Waals surface area contributed by atoms with Crippen LogP contribution in [-0.4, -0.2) is 40.1 Å². The number of hydrogen-bond donors (Lipinski definition) is 1. The molecular weight excluding hydrogens is 444 g/mol. The van der Waals surface area contributed by atoms with Crippen LogP contribution in [0.25, 0.3) is 15.3 Å². The van der Waals surface area contributed by atoms with Gasteiger partial charge in [0.2, 0.25) is 11.0 Å². The zero-order chi connectivity index (χ0) is 22.2. The number of thioether (sulfide) groups is 1. The maximum absolute atomic E-state index is 12.6. The van der Waals surface area contributed by atoms with E-state index in [0.717, 1.165) is 32.2 Å². The van der Waals surface area contributed by atoms with Gasteiger partial charge >= 0.3 is 0 Å². The summed E-state index contributed by atoms with van der Waals surface area (Å²) in [6.45, 7) is 4.47. The number of rotatable bonds is 5. The molecule has 0 spiro atoms. The first-order valence-electron chi connectivity index (χ1n) is 10.3. The highest BCUT2D eigenvalue weighted by molar-refractivity contribution is 8.00. The van der Waals surface area contributed by atoms with E-state index in [1.54, 1.807) is 34.9 Å². The number of carbonyl (C=O) groups excluding carboxylic acids is 1. The smallest absolute Gasteiger partial charge is 0.235 e. The van der Waals surface area contributed by atoms with E-state index < -0.39 is 0 Å². The second-order valence-corrected chi connectivity index (χ2v) is 9.41. The van der Waals surface area contributed by atoms with Gasteiger partial charge in [-0.25, -0.2) is 4.98 Å². The molecule has 7 nitrogen and oxygen atoms in total. The van der Waals surface area contributed by atoms with Crippen molar-refractivity contribution in [3.05, 3.63) is 59.3 Å². The molecule has 4 aromatic rings. The number of nitrogens with zero attached hydrogens (tertiary/aromatic N) is 3. The molecule has 1 N–H and O–H groups in total. The zero-order valence-electron chi connectivity index (χ0n) is 17.9. The number of hydrogen-bond acceptors (Lipinski definition) is 7. The predicted molar refractivity (Wildman–Crippen MR) is 129 cm³/mol. The number of aryl methyl sites for hydroxylation is 1. The van der Waals surface area contributed by atoms with Crippen LogP contribution in [0.1, 0.15) is 29.0 Å². The Kier molecular flexibility index (Phi) is 5.52. The minimum atomic E-state index is -0.0864. The molecule has 5 rings (SSSR count). The van der Waals surface area contributed by atoms with Gasteiger partial charge in [0, 0.05) is 5.56 Å². The maximum atomic E-state index is 12.6. The van der Waals surface area contributed by atoms with Gasteiger partial charge in [0.25, 0.3) is 0 Å². The molecule has 3 heterocycles. The Balaban J connectivity index is 1.64. The summed E-state index contributed by atoms with van der Waals surface area (Å²) in [7, 11) is 1.63. The molecule has 1 aliphatic heterocycles. The Morgan fingerprint density at radius 3 is 2.84 bits per heavy atom. The molecule has 1 aliphatic rings. The lowest BCUT2D eigenvalue weighted by Gasteiger charge is -2.17. The van der Waals surface area contributed by atoms with Gasteiger partial charge in [-0.05, 0) is 43.7 Å². The van der Waals surface area contributed by atoms with E-state index in [0.29, 0.717) is 29.7 Å². The van der Waals surface area contributed by atoms with Crippen molar-refractivity contribution in [3.8, 4) is 16.6 Å². The molecule has 0 aliphatic carbocycles. The number of fused-ring (bicyclic) bond motifs is 2. The van der Waals surface area contributed by atoms with Crippen molar-refractivity contribution in [2.75, 3.05) is 24.8 Å². The van der Waals surface area contributed by atoms with Crippen LogP contribution >= 0.6 is 23.1 Å². The van der Waals surface area contributed by atoms with Crippen molar-refractivity contribution in [2.45, 2.75) is 19.1 Å². The zero-order valence-corrected chi connectivity index (χ0v) is 19.5. The SMILES string of the molecule is CCOc1ccc(C2SCC(=O)Nc3c2c(C)nn3-c2nc3ccccc3s2)cc1OC. The fraction of sp³-hybridized carbons (Fsp3) is 0.261. The predicted octanol–water partition coefficient (Wildman–Crippen LogP) is 4.97. The largest absolute Gasteiger partial charge is 0.493 e. The number of nitrogens with one attached hydrogen (secondary N) is 1. The van der Waals surface area contributed by atoms with Crippen molar-refractivity contribution < 1.29 is 14.3 Å². The quantitative estimate of drug-likeness (QED) is 0.447. The summed E-state index contributed by atoms with van der Waals surface area (Å²) in [5.74, 6) is 2.34. The van der Waals surface area contributed by atoms with Gasteiger partial charge in [0.15, 0.2) is 11.5 Å². The summed E-state index contributed by atoms with van der Waals surface area (Å²) in [5, 5.41) is 8.49. The van der Waals surface area contributed by atoms with Gasteiger partial charge in [0.05, 0.1) is 40.6 Å². The first kappa shape index (κ1) is 20.8. The molecule has 1 atom stereocenters. The van der Waals surface area contributed by atoms with E-state index in [4.69, 9.17) is 19.6 Å². The molecule has 0 saturated heterocycles. The molecule has 0 saturated carbocycles. The van der Waals surface area contributed by atoms with Crippen LogP contribution in [0.5, 0.6) is 11.5 Å². The molecule has 2 aromatic carbocycles. The number of methoxy groups -OCH3 is 1. The first-order chi connectivity index (χ1) is 15.6. The molecule has 0 bridgehead atoms. The molecule has 1 amide bonds. The fourth-order valence-electron chi connectivity index (χ4n) is 3.86. The Hall–Kier alpha value is -3.04. The monoisotopic (exact) mass is 466 g/mol. The fourth-order valence-corrected chi connectivity index (χ4v) is 5.96. The Morgan fingerprint density at radius 2 is 2.06 bits per heavy atom. The number of benzene rings is 2. The third-order valence-corrected chi connectivity index (χ3v) is 7.54. The number of anilines is 1. The average molecular weight is 467 g/mol. The van der Waals surface area contributed by atoms with Crippen molar-refractivity contribution in [1.29, 1.82) is 0 Å². The van der Waals surface area contributed by atoms with Crippen LogP contribution in [0.3, 0.4) is 0 Å². The lowest BCUT2D eigenvalue weighted by Crippen LogP contribution is -2.15. The number of para-hydroxylation sites is 1. The summed E-state index contributed by atoms with van der Waals surface area (Å²) >= 11 is 3.13. The lowest BCUT2D eigenvalue weighted by molar-refractivity contribution is -0.113. The minimum Gasteiger partial charge on any atom is -0.493 e. The molecule has 164 valence electrons. The molecule has 0 fully saturated rings. The second kappa shape index (κ2) is 8.48. The second-order valence-electron chi connectivity index (χ2n) is 7.31. The van der Waals surface area contributed by atoms with E-state index in [2.05, 4.69) is 5.32 Å². The van der Waals surface area contributed by atoms with Crippen molar-refractivity contribution in [2.24, 2.45) is 0 Å². The van der Waals surface area contributed by atoms with Crippen molar-refractivity contribution >= 4 is 45.0 Å². The number of amides is 1. The van der Waals surface area contributed by atoms with Crippen LogP contribution in [0.4, 0.5) is 5.82 Å². The first-order valence-corrected chi connectivity index (χ1v) is 12.1. The number of ether oxygens (including phenoxy) is 2. The van der Waals surface area contributed by atoms with Crippen LogP contribution < -0.4 is 14.8 Å². The molecule has 2 aromatic heterocycles. The maximum Gasteiger partial charge on any atom is 0.235 e. The number of thiazole rings is 1.